The summed E-state index contributed by atoms with van der Waals surface area (Å²) in [6, 6.07) is 0. The van der Waals surface area contributed by atoms with Crippen LogP contribution in [0.2, 0.25) is 0 Å². The number of rotatable bonds is 4. The fourth-order valence-electron chi connectivity index (χ4n) is 1.39. The predicted molar refractivity (Wildman–Crippen MR) is 67.9 cm³/mol. The highest BCUT2D eigenvalue weighted by Gasteiger charge is 2.16. The molecule has 0 fully saturated rings. The predicted octanol–water partition coefficient (Wildman–Crippen LogP) is 1.97. The summed E-state index contributed by atoms with van der Waals surface area (Å²) in [7, 11) is 3.66. The van der Waals surface area contributed by atoms with Gasteiger partial charge in [-0.3, -0.25) is 9.48 Å². The van der Waals surface area contributed by atoms with E-state index in [-0.39, 0.29) is 5.91 Å². The minimum atomic E-state index is 0.0405. The second-order valence-electron chi connectivity index (χ2n) is 4.06. The van der Waals surface area contributed by atoms with Gasteiger partial charge in [0.1, 0.15) is 0 Å². The van der Waals surface area contributed by atoms with Crippen LogP contribution in [0.5, 0.6) is 0 Å². The molecule has 0 saturated heterocycles. The first-order valence-corrected chi connectivity index (χ1v) is 6.23. The molecule has 0 radical (unpaired) electrons. The van der Waals surface area contributed by atoms with E-state index in [1.165, 1.54) is 0 Å². The van der Waals surface area contributed by atoms with Crippen LogP contribution in [0.3, 0.4) is 0 Å². The molecule has 0 spiro atoms. The van der Waals surface area contributed by atoms with Gasteiger partial charge in [-0.1, -0.05) is 22.9 Å². The van der Waals surface area contributed by atoms with Crippen LogP contribution < -0.4 is 0 Å². The molecule has 0 aliphatic heterocycles. The lowest BCUT2D eigenvalue weighted by Gasteiger charge is -2.17. The Morgan fingerprint density at radius 2 is 2.31 bits per heavy atom. The fraction of sp³-hybridized carbons (Fsp3) is 0.636. The van der Waals surface area contributed by atoms with Crippen LogP contribution in [-0.4, -0.2) is 39.0 Å². The first kappa shape index (κ1) is 13.2. The highest BCUT2D eigenvalue weighted by Crippen LogP contribution is 2.10. The standard InChI is InChI=1S/C11H18BrN3O/c1-8(12)5-6-14(3)11(16)10-7-13-15(4)9(10)2/h7-8H,5-6H2,1-4H3. The molecule has 0 saturated carbocycles. The second kappa shape index (κ2) is 5.48. The quantitative estimate of drug-likeness (QED) is 0.795. The van der Waals surface area contributed by atoms with Crippen LogP contribution in [0.1, 0.15) is 29.4 Å². The van der Waals surface area contributed by atoms with Crippen molar-refractivity contribution in [2.45, 2.75) is 25.1 Å². The van der Waals surface area contributed by atoms with Crippen LogP contribution in [0.15, 0.2) is 6.20 Å². The number of hydrogen-bond acceptors (Lipinski definition) is 2. The zero-order valence-electron chi connectivity index (χ0n) is 10.2. The zero-order valence-corrected chi connectivity index (χ0v) is 11.8. The molecule has 0 aliphatic carbocycles. The van der Waals surface area contributed by atoms with Gasteiger partial charge in [0.25, 0.3) is 5.91 Å². The van der Waals surface area contributed by atoms with Crippen molar-refractivity contribution >= 4 is 21.8 Å². The Hall–Kier alpha value is -0.840. The molecule has 4 nitrogen and oxygen atoms in total. The molecule has 1 aromatic rings. The lowest BCUT2D eigenvalue weighted by molar-refractivity contribution is 0.0793. The van der Waals surface area contributed by atoms with Crippen LogP contribution in [0, 0.1) is 6.92 Å². The van der Waals surface area contributed by atoms with Gasteiger partial charge in [-0.2, -0.15) is 5.10 Å². The van der Waals surface area contributed by atoms with Gasteiger partial charge in [-0.05, 0) is 13.3 Å². The van der Waals surface area contributed by atoms with Crippen LogP contribution in [-0.2, 0) is 7.05 Å². The van der Waals surface area contributed by atoms with Crippen LogP contribution in [0.4, 0.5) is 0 Å². The molecule has 1 aromatic heterocycles. The Bertz CT molecular complexity index is 373. The lowest BCUT2D eigenvalue weighted by atomic mass is 10.2. The summed E-state index contributed by atoms with van der Waals surface area (Å²) in [4.78, 5) is 14.2. The third-order valence-electron chi connectivity index (χ3n) is 2.67. The summed E-state index contributed by atoms with van der Waals surface area (Å²) in [6.45, 7) is 4.73. The molecule has 0 bridgehead atoms. The van der Waals surface area contributed by atoms with Gasteiger partial charge in [0, 0.05) is 31.2 Å². The molecule has 1 unspecified atom stereocenters. The maximum atomic E-state index is 12.0. The molecule has 0 aliphatic rings. The van der Waals surface area contributed by atoms with E-state index in [9.17, 15) is 4.79 Å². The van der Waals surface area contributed by atoms with E-state index in [1.54, 1.807) is 15.8 Å². The Morgan fingerprint density at radius 3 is 2.75 bits per heavy atom. The Labute approximate surface area is 105 Å². The summed E-state index contributed by atoms with van der Waals surface area (Å²) in [6.07, 6.45) is 2.58. The molecule has 1 heterocycles. The topological polar surface area (TPSA) is 38.1 Å². The number of hydrogen-bond donors (Lipinski definition) is 0. The minimum Gasteiger partial charge on any atom is -0.342 e. The van der Waals surface area contributed by atoms with Crippen molar-refractivity contribution in [3.8, 4) is 0 Å². The smallest absolute Gasteiger partial charge is 0.257 e. The van der Waals surface area contributed by atoms with Crippen LogP contribution >= 0.6 is 15.9 Å². The summed E-state index contributed by atoms with van der Waals surface area (Å²) in [5.41, 5.74) is 1.59. The number of amides is 1. The average molecular weight is 288 g/mol. The highest BCUT2D eigenvalue weighted by molar-refractivity contribution is 9.09. The van der Waals surface area contributed by atoms with Crippen molar-refractivity contribution in [3.05, 3.63) is 17.5 Å². The van der Waals surface area contributed by atoms with Crippen molar-refractivity contribution < 1.29 is 4.79 Å². The molecule has 1 atom stereocenters. The number of nitrogens with zero attached hydrogens (tertiary/aromatic N) is 3. The first-order chi connectivity index (χ1) is 7.43. The molecule has 16 heavy (non-hydrogen) atoms. The molecule has 0 N–H and O–H groups in total. The van der Waals surface area contributed by atoms with E-state index in [2.05, 4.69) is 28.0 Å². The summed E-state index contributed by atoms with van der Waals surface area (Å²) in [5, 5.41) is 4.07. The number of aryl methyl sites for hydroxylation is 1. The average Bonchev–Trinajstić information content (AvgIpc) is 2.55. The van der Waals surface area contributed by atoms with Gasteiger partial charge in [0.2, 0.25) is 0 Å². The second-order valence-corrected chi connectivity index (χ2v) is 5.63. The molecular weight excluding hydrogens is 270 g/mol. The fourth-order valence-corrected chi connectivity index (χ4v) is 1.59. The molecule has 1 amide bonds. The normalized spacial score (nSPS) is 12.6. The number of halogens is 1. The van der Waals surface area contributed by atoms with Gasteiger partial charge in [0.05, 0.1) is 11.8 Å². The van der Waals surface area contributed by atoms with Crippen molar-refractivity contribution in [2.24, 2.45) is 7.05 Å². The maximum absolute atomic E-state index is 12.0. The number of carbonyl (C=O) groups excluding carboxylic acids is 1. The summed E-state index contributed by atoms with van der Waals surface area (Å²) >= 11 is 3.47. The van der Waals surface area contributed by atoms with E-state index < -0.39 is 0 Å². The monoisotopic (exact) mass is 287 g/mol. The Kier molecular flexibility index (Phi) is 4.53. The largest absolute Gasteiger partial charge is 0.342 e. The van der Waals surface area contributed by atoms with Gasteiger partial charge < -0.3 is 4.90 Å². The maximum Gasteiger partial charge on any atom is 0.257 e. The van der Waals surface area contributed by atoms with E-state index in [4.69, 9.17) is 0 Å². The van der Waals surface area contributed by atoms with E-state index in [0.717, 1.165) is 18.7 Å². The summed E-state index contributed by atoms with van der Waals surface area (Å²) < 4.78 is 1.72. The summed E-state index contributed by atoms with van der Waals surface area (Å²) in [5.74, 6) is 0.0405. The molecule has 90 valence electrons. The Morgan fingerprint density at radius 1 is 1.69 bits per heavy atom. The van der Waals surface area contributed by atoms with Crippen molar-refractivity contribution in [2.75, 3.05) is 13.6 Å². The van der Waals surface area contributed by atoms with E-state index >= 15 is 0 Å². The van der Waals surface area contributed by atoms with E-state index in [0.29, 0.717) is 10.4 Å². The first-order valence-electron chi connectivity index (χ1n) is 5.31. The van der Waals surface area contributed by atoms with E-state index in [1.807, 2.05) is 21.0 Å². The van der Waals surface area contributed by atoms with Crippen molar-refractivity contribution in [3.63, 3.8) is 0 Å². The number of alkyl halides is 1. The van der Waals surface area contributed by atoms with Gasteiger partial charge in [0.15, 0.2) is 0 Å². The lowest BCUT2D eigenvalue weighted by Crippen LogP contribution is -2.29. The highest BCUT2D eigenvalue weighted by atomic mass is 79.9. The molecule has 1 rings (SSSR count). The minimum absolute atomic E-state index is 0.0405. The van der Waals surface area contributed by atoms with Gasteiger partial charge in [-0.25, -0.2) is 0 Å². The zero-order chi connectivity index (χ0) is 12.3. The van der Waals surface area contributed by atoms with Gasteiger partial charge >= 0.3 is 0 Å². The third-order valence-corrected chi connectivity index (χ3v) is 3.13. The number of carbonyl (C=O) groups is 1. The van der Waals surface area contributed by atoms with Crippen molar-refractivity contribution in [1.82, 2.24) is 14.7 Å². The molecule has 5 heteroatoms. The number of aromatic nitrogens is 2. The molecular formula is C11H18BrN3O. The molecule has 0 aromatic carbocycles. The van der Waals surface area contributed by atoms with Crippen molar-refractivity contribution in [1.29, 1.82) is 0 Å². The van der Waals surface area contributed by atoms with Crippen LogP contribution in [0.25, 0.3) is 0 Å². The van der Waals surface area contributed by atoms with Gasteiger partial charge in [-0.15, -0.1) is 0 Å². The SMILES string of the molecule is Cc1c(C(=O)N(C)CCC(C)Br)cnn1C. The third kappa shape index (κ3) is 3.07. The Balaban J connectivity index is 2.67.